The van der Waals surface area contributed by atoms with Crippen LogP contribution in [-0.2, 0) is 17.9 Å². The average Bonchev–Trinajstić information content (AvgIpc) is 2.64. The second kappa shape index (κ2) is 8.16. The Labute approximate surface area is 128 Å². The molecule has 0 aliphatic carbocycles. The van der Waals surface area contributed by atoms with Crippen LogP contribution in [0, 0.1) is 18.3 Å². The monoisotopic (exact) mass is 297 g/mol. The first-order valence-electron chi connectivity index (χ1n) is 7.64. The van der Waals surface area contributed by atoms with E-state index >= 15 is 0 Å². The van der Waals surface area contributed by atoms with E-state index in [1.54, 1.807) is 0 Å². The Morgan fingerprint density at radius 1 is 1.30 bits per heavy atom. The van der Waals surface area contributed by atoms with Crippen LogP contribution in [-0.4, -0.2) is 13.2 Å². The topological polar surface area (TPSA) is 21.3 Å². The summed E-state index contributed by atoms with van der Waals surface area (Å²) in [4.78, 5) is 2.81. The fraction of sp³-hybridized carbons (Fsp3) is 0.765. The number of hydrogen-bond acceptors (Lipinski definition) is 3. The van der Waals surface area contributed by atoms with Crippen LogP contribution in [0.15, 0.2) is 6.07 Å². The van der Waals surface area contributed by atoms with Gasteiger partial charge in [0.2, 0.25) is 0 Å². The van der Waals surface area contributed by atoms with Crippen LogP contribution in [0.2, 0.25) is 0 Å². The van der Waals surface area contributed by atoms with E-state index in [0.29, 0.717) is 11.3 Å². The number of thiophene rings is 1. The van der Waals surface area contributed by atoms with Crippen LogP contribution >= 0.6 is 11.3 Å². The lowest BCUT2D eigenvalue weighted by Gasteiger charge is -2.17. The van der Waals surface area contributed by atoms with Crippen molar-refractivity contribution >= 4 is 11.3 Å². The van der Waals surface area contributed by atoms with Crippen LogP contribution in [0.3, 0.4) is 0 Å². The zero-order chi connectivity index (χ0) is 15.2. The second-order valence-electron chi connectivity index (χ2n) is 7.18. The van der Waals surface area contributed by atoms with E-state index < -0.39 is 0 Å². The van der Waals surface area contributed by atoms with Crippen LogP contribution in [0.1, 0.15) is 56.4 Å². The summed E-state index contributed by atoms with van der Waals surface area (Å²) in [6.45, 7) is 17.1. The van der Waals surface area contributed by atoms with E-state index in [1.807, 2.05) is 11.3 Å². The predicted molar refractivity (Wildman–Crippen MR) is 89.3 cm³/mol. The van der Waals surface area contributed by atoms with Crippen LogP contribution in [0.4, 0.5) is 0 Å². The number of rotatable bonds is 8. The molecule has 0 unspecified atom stereocenters. The van der Waals surface area contributed by atoms with E-state index in [0.717, 1.165) is 32.7 Å². The molecule has 0 aromatic carbocycles. The van der Waals surface area contributed by atoms with Gasteiger partial charge < -0.3 is 10.1 Å². The van der Waals surface area contributed by atoms with Gasteiger partial charge >= 0.3 is 0 Å². The lowest BCUT2D eigenvalue weighted by molar-refractivity contribution is 0.0961. The Hall–Kier alpha value is -0.380. The largest absolute Gasteiger partial charge is 0.377 e. The summed E-state index contributed by atoms with van der Waals surface area (Å²) in [5.41, 5.74) is 1.71. The SMILES string of the molecule is Cc1sc(CNCC(C)C)cc1COCCC(C)(C)C. The van der Waals surface area contributed by atoms with Crippen molar-refractivity contribution in [3.05, 3.63) is 21.4 Å². The summed E-state index contributed by atoms with van der Waals surface area (Å²) in [7, 11) is 0. The van der Waals surface area contributed by atoms with Gasteiger partial charge in [-0.25, -0.2) is 0 Å². The molecule has 116 valence electrons. The first-order chi connectivity index (χ1) is 9.28. The first kappa shape index (κ1) is 17.7. The van der Waals surface area contributed by atoms with Gasteiger partial charge in [-0.1, -0.05) is 34.6 Å². The molecule has 0 saturated heterocycles. The molecule has 0 radical (unpaired) electrons. The third-order valence-corrected chi connectivity index (χ3v) is 4.27. The molecule has 1 aromatic rings. The molecular weight excluding hydrogens is 266 g/mol. The van der Waals surface area contributed by atoms with Gasteiger partial charge in [-0.2, -0.15) is 0 Å². The van der Waals surface area contributed by atoms with Crippen LogP contribution in [0.25, 0.3) is 0 Å². The molecule has 1 heterocycles. The molecule has 20 heavy (non-hydrogen) atoms. The van der Waals surface area contributed by atoms with Crippen molar-refractivity contribution in [2.75, 3.05) is 13.2 Å². The van der Waals surface area contributed by atoms with Gasteiger partial charge in [-0.05, 0) is 42.9 Å². The molecule has 0 spiro atoms. The molecule has 1 N–H and O–H groups in total. The lowest BCUT2D eigenvalue weighted by atomic mass is 9.93. The molecule has 1 aromatic heterocycles. The van der Waals surface area contributed by atoms with Crippen molar-refractivity contribution in [3.8, 4) is 0 Å². The number of hydrogen-bond donors (Lipinski definition) is 1. The highest BCUT2D eigenvalue weighted by atomic mass is 32.1. The van der Waals surface area contributed by atoms with Crippen molar-refractivity contribution in [2.45, 2.75) is 61.1 Å². The third-order valence-electron chi connectivity index (χ3n) is 3.18. The number of nitrogens with one attached hydrogen (secondary N) is 1. The molecule has 0 aliphatic heterocycles. The minimum atomic E-state index is 0.357. The molecule has 1 rings (SSSR count). The highest BCUT2D eigenvalue weighted by Gasteiger charge is 2.10. The van der Waals surface area contributed by atoms with Gasteiger partial charge in [0.1, 0.15) is 0 Å². The molecule has 0 fully saturated rings. The molecular formula is C17H31NOS. The van der Waals surface area contributed by atoms with Gasteiger partial charge in [-0.15, -0.1) is 11.3 Å². The Bertz CT molecular complexity index is 390. The minimum absolute atomic E-state index is 0.357. The van der Waals surface area contributed by atoms with E-state index in [1.165, 1.54) is 15.3 Å². The molecule has 3 heteroatoms. The summed E-state index contributed by atoms with van der Waals surface area (Å²) in [6.07, 6.45) is 1.11. The molecule has 0 atom stereocenters. The van der Waals surface area contributed by atoms with Crippen molar-refractivity contribution in [2.24, 2.45) is 11.3 Å². The Kier molecular flexibility index (Phi) is 7.21. The lowest BCUT2D eigenvalue weighted by Crippen LogP contribution is -2.18. The summed E-state index contributed by atoms with van der Waals surface area (Å²) < 4.78 is 5.82. The Morgan fingerprint density at radius 3 is 2.60 bits per heavy atom. The van der Waals surface area contributed by atoms with Crippen molar-refractivity contribution < 1.29 is 4.74 Å². The van der Waals surface area contributed by atoms with Crippen LogP contribution in [0.5, 0.6) is 0 Å². The predicted octanol–water partition coefficient (Wildman–Crippen LogP) is 4.75. The number of aryl methyl sites for hydroxylation is 1. The first-order valence-corrected chi connectivity index (χ1v) is 8.46. The van der Waals surface area contributed by atoms with Gasteiger partial charge in [0, 0.05) is 22.9 Å². The fourth-order valence-electron chi connectivity index (χ4n) is 1.86. The molecule has 0 bridgehead atoms. The van der Waals surface area contributed by atoms with Gasteiger partial charge in [0.05, 0.1) is 6.61 Å². The van der Waals surface area contributed by atoms with E-state index in [2.05, 4.69) is 52.9 Å². The quantitative estimate of drug-likeness (QED) is 0.699. The zero-order valence-electron chi connectivity index (χ0n) is 14.0. The van der Waals surface area contributed by atoms with Gasteiger partial charge in [0.15, 0.2) is 0 Å². The normalized spacial score (nSPS) is 12.3. The standard InChI is InChI=1S/C17H31NOS/c1-13(2)10-18-11-16-9-15(14(3)20-16)12-19-8-7-17(4,5)6/h9,13,18H,7-8,10-12H2,1-6H3. The van der Waals surface area contributed by atoms with Crippen LogP contribution < -0.4 is 5.32 Å². The van der Waals surface area contributed by atoms with Gasteiger partial charge in [0.25, 0.3) is 0 Å². The summed E-state index contributed by atoms with van der Waals surface area (Å²) in [5.74, 6) is 0.705. The number of ether oxygens (including phenoxy) is 1. The second-order valence-corrected chi connectivity index (χ2v) is 8.52. The Balaban J connectivity index is 2.34. The maximum atomic E-state index is 5.82. The summed E-state index contributed by atoms with van der Waals surface area (Å²) >= 11 is 1.89. The van der Waals surface area contributed by atoms with Gasteiger partial charge in [-0.3, -0.25) is 0 Å². The minimum Gasteiger partial charge on any atom is -0.377 e. The molecule has 0 amide bonds. The summed E-state index contributed by atoms with van der Waals surface area (Å²) in [5, 5.41) is 3.50. The zero-order valence-corrected chi connectivity index (χ0v) is 14.8. The summed E-state index contributed by atoms with van der Waals surface area (Å²) in [6, 6.07) is 2.30. The van der Waals surface area contributed by atoms with E-state index in [-0.39, 0.29) is 0 Å². The van der Waals surface area contributed by atoms with E-state index in [9.17, 15) is 0 Å². The van der Waals surface area contributed by atoms with Crippen molar-refractivity contribution in [1.82, 2.24) is 5.32 Å². The maximum absolute atomic E-state index is 5.82. The van der Waals surface area contributed by atoms with Crippen molar-refractivity contribution in [3.63, 3.8) is 0 Å². The molecule has 0 aliphatic rings. The third kappa shape index (κ3) is 7.41. The highest BCUT2D eigenvalue weighted by molar-refractivity contribution is 7.12. The van der Waals surface area contributed by atoms with Crippen molar-refractivity contribution in [1.29, 1.82) is 0 Å². The van der Waals surface area contributed by atoms with E-state index in [4.69, 9.17) is 4.74 Å². The molecule has 2 nitrogen and oxygen atoms in total. The highest BCUT2D eigenvalue weighted by Crippen LogP contribution is 2.23. The average molecular weight is 298 g/mol. The fourth-order valence-corrected chi connectivity index (χ4v) is 2.88. The maximum Gasteiger partial charge on any atom is 0.0727 e. The Morgan fingerprint density at radius 2 is 2.00 bits per heavy atom. The smallest absolute Gasteiger partial charge is 0.0727 e. The molecule has 0 saturated carbocycles.